The molecule has 1 N–H and O–H groups in total. The monoisotopic (exact) mass is 386 g/mol. The Morgan fingerprint density at radius 2 is 1.70 bits per heavy atom. The van der Waals surface area contributed by atoms with Crippen LogP contribution < -0.4 is 9.62 Å². The lowest BCUT2D eigenvalue weighted by atomic mass is 10.1. The maximum absolute atomic E-state index is 12.6. The Morgan fingerprint density at radius 3 is 2.48 bits per heavy atom. The van der Waals surface area contributed by atoms with Gasteiger partial charge in [0.15, 0.2) is 0 Å². The molecule has 0 spiro atoms. The van der Waals surface area contributed by atoms with Gasteiger partial charge in [0.1, 0.15) is 0 Å². The van der Waals surface area contributed by atoms with Crippen molar-refractivity contribution in [1.82, 2.24) is 4.72 Å². The van der Waals surface area contributed by atoms with Gasteiger partial charge in [0.25, 0.3) is 0 Å². The molecule has 0 amide bonds. The second-order valence-electron chi connectivity index (χ2n) is 7.20. The van der Waals surface area contributed by atoms with Gasteiger partial charge in [-0.1, -0.05) is 18.2 Å². The average Bonchev–Trinajstić information content (AvgIpc) is 3.17. The minimum atomic E-state index is -3.45. The molecule has 2 aromatic rings. The third-order valence-electron chi connectivity index (χ3n) is 5.40. The van der Waals surface area contributed by atoms with E-state index in [1.165, 1.54) is 16.8 Å². The fourth-order valence-corrected chi connectivity index (χ4v) is 4.91. The largest absolute Gasteiger partial charge is 0.378 e. The van der Waals surface area contributed by atoms with Gasteiger partial charge in [-0.2, -0.15) is 0 Å². The van der Waals surface area contributed by atoms with Gasteiger partial charge in [-0.15, -0.1) is 0 Å². The zero-order chi connectivity index (χ0) is 18.7. The first-order valence-corrected chi connectivity index (χ1v) is 11.1. The lowest BCUT2D eigenvalue weighted by Crippen LogP contribution is -2.36. The van der Waals surface area contributed by atoms with E-state index < -0.39 is 10.0 Å². The number of hydrogen-bond donors (Lipinski definition) is 1. The van der Waals surface area contributed by atoms with Crippen LogP contribution in [0.5, 0.6) is 0 Å². The van der Waals surface area contributed by atoms with E-state index in [4.69, 9.17) is 4.74 Å². The number of nitrogens with zero attached hydrogens (tertiary/aromatic N) is 1. The molecule has 0 atom stereocenters. The van der Waals surface area contributed by atoms with Crippen molar-refractivity contribution in [3.63, 3.8) is 0 Å². The minimum Gasteiger partial charge on any atom is -0.378 e. The van der Waals surface area contributed by atoms with E-state index in [1.54, 1.807) is 6.07 Å². The van der Waals surface area contributed by atoms with E-state index >= 15 is 0 Å². The van der Waals surface area contributed by atoms with Gasteiger partial charge in [0.2, 0.25) is 10.0 Å². The summed E-state index contributed by atoms with van der Waals surface area (Å²) in [5, 5.41) is 0. The number of fused-ring (bicyclic) bond motifs is 1. The smallest absolute Gasteiger partial charge is 0.240 e. The average molecular weight is 387 g/mol. The summed E-state index contributed by atoms with van der Waals surface area (Å²) >= 11 is 0. The van der Waals surface area contributed by atoms with Crippen LogP contribution in [0.4, 0.5) is 5.69 Å². The van der Waals surface area contributed by atoms with Crippen LogP contribution in [-0.4, -0.2) is 41.3 Å². The Hall–Kier alpha value is -1.89. The summed E-state index contributed by atoms with van der Waals surface area (Å²) in [4.78, 5) is 2.69. The van der Waals surface area contributed by atoms with Crippen molar-refractivity contribution >= 4 is 15.7 Å². The molecule has 0 unspecified atom stereocenters. The second kappa shape index (κ2) is 8.00. The maximum atomic E-state index is 12.6. The highest BCUT2D eigenvalue weighted by Gasteiger charge is 2.18. The molecule has 2 aliphatic rings. The molecule has 1 saturated heterocycles. The van der Waals surface area contributed by atoms with Crippen LogP contribution in [0.15, 0.2) is 47.4 Å². The van der Waals surface area contributed by atoms with Gasteiger partial charge in [0, 0.05) is 25.3 Å². The van der Waals surface area contributed by atoms with E-state index in [0.717, 1.165) is 51.1 Å². The number of aryl methyl sites for hydroxylation is 2. The van der Waals surface area contributed by atoms with Crippen LogP contribution in [0, 0.1) is 0 Å². The first kappa shape index (κ1) is 18.5. The fourth-order valence-electron chi connectivity index (χ4n) is 3.82. The van der Waals surface area contributed by atoms with E-state index in [9.17, 15) is 8.42 Å². The summed E-state index contributed by atoms with van der Waals surface area (Å²) in [6, 6.07) is 13.9. The molecule has 0 radical (unpaired) electrons. The number of nitrogens with one attached hydrogen (secondary N) is 1. The molecule has 1 aliphatic heterocycles. The molecule has 4 rings (SSSR count). The van der Waals surface area contributed by atoms with E-state index in [0.29, 0.717) is 17.9 Å². The van der Waals surface area contributed by atoms with Gasteiger partial charge in [-0.05, 0) is 66.6 Å². The molecule has 0 aromatic heterocycles. The first-order valence-electron chi connectivity index (χ1n) is 9.65. The van der Waals surface area contributed by atoms with Crippen LogP contribution in [0.1, 0.15) is 23.1 Å². The Bertz CT molecular complexity index is 888. The first-order chi connectivity index (χ1) is 13.1. The third-order valence-corrected chi connectivity index (χ3v) is 6.86. The molecule has 1 heterocycles. The molecular weight excluding hydrogens is 360 g/mol. The topological polar surface area (TPSA) is 58.6 Å². The fraction of sp³-hybridized carbons (Fsp3) is 0.429. The normalized spacial score (nSPS) is 17.1. The molecule has 6 heteroatoms. The van der Waals surface area contributed by atoms with Crippen molar-refractivity contribution in [3.05, 3.63) is 59.2 Å². The number of benzene rings is 2. The number of morpholine rings is 1. The van der Waals surface area contributed by atoms with Crippen LogP contribution in [-0.2, 0) is 34.0 Å². The van der Waals surface area contributed by atoms with E-state index in [1.807, 2.05) is 12.1 Å². The number of anilines is 1. The molecule has 2 aromatic carbocycles. The highest BCUT2D eigenvalue weighted by atomic mass is 32.2. The van der Waals surface area contributed by atoms with Crippen LogP contribution in [0.25, 0.3) is 0 Å². The van der Waals surface area contributed by atoms with Crippen LogP contribution >= 0.6 is 0 Å². The molecule has 1 aliphatic carbocycles. The maximum Gasteiger partial charge on any atom is 0.240 e. The van der Waals surface area contributed by atoms with Crippen molar-refractivity contribution in [2.24, 2.45) is 0 Å². The summed E-state index contributed by atoms with van der Waals surface area (Å²) in [7, 11) is -3.45. The lowest BCUT2D eigenvalue weighted by Gasteiger charge is -2.28. The van der Waals surface area contributed by atoms with Crippen molar-refractivity contribution in [1.29, 1.82) is 0 Å². The van der Waals surface area contributed by atoms with Crippen LogP contribution in [0.3, 0.4) is 0 Å². The standard InChI is InChI=1S/C21H26N2O3S/c24-27(25,21-9-6-18-2-1-3-19(18)16-21)22-11-10-17-4-7-20(8-5-17)23-12-14-26-15-13-23/h4-9,16,22H,1-3,10-15H2. The zero-order valence-electron chi connectivity index (χ0n) is 15.5. The predicted molar refractivity (Wildman–Crippen MR) is 107 cm³/mol. The van der Waals surface area contributed by atoms with Gasteiger partial charge in [0.05, 0.1) is 18.1 Å². The molecular formula is C21H26N2O3S. The van der Waals surface area contributed by atoms with Gasteiger partial charge in [-0.25, -0.2) is 13.1 Å². The third kappa shape index (κ3) is 4.34. The van der Waals surface area contributed by atoms with Gasteiger partial charge >= 0.3 is 0 Å². The quantitative estimate of drug-likeness (QED) is 0.829. The Morgan fingerprint density at radius 1 is 0.963 bits per heavy atom. The summed E-state index contributed by atoms with van der Waals surface area (Å²) in [6.07, 6.45) is 3.83. The summed E-state index contributed by atoms with van der Waals surface area (Å²) in [5.74, 6) is 0. The van der Waals surface area contributed by atoms with Crippen molar-refractivity contribution in [2.75, 3.05) is 37.7 Å². The highest BCUT2D eigenvalue weighted by Crippen LogP contribution is 2.24. The van der Waals surface area contributed by atoms with Crippen molar-refractivity contribution < 1.29 is 13.2 Å². The van der Waals surface area contributed by atoms with Crippen molar-refractivity contribution in [3.8, 4) is 0 Å². The minimum absolute atomic E-state index is 0.380. The number of rotatable bonds is 6. The number of ether oxygens (including phenoxy) is 1. The molecule has 0 bridgehead atoms. The Labute approximate surface area is 161 Å². The Kier molecular flexibility index (Phi) is 5.48. The summed E-state index contributed by atoms with van der Waals surface area (Å²) in [6.45, 7) is 3.77. The summed E-state index contributed by atoms with van der Waals surface area (Å²) < 4.78 is 33.2. The Balaban J connectivity index is 1.33. The van der Waals surface area contributed by atoms with Crippen LogP contribution in [0.2, 0.25) is 0 Å². The number of hydrogen-bond acceptors (Lipinski definition) is 4. The molecule has 1 fully saturated rings. The highest BCUT2D eigenvalue weighted by molar-refractivity contribution is 7.89. The number of sulfonamides is 1. The molecule has 0 saturated carbocycles. The van der Waals surface area contributed by atoms with Crippen molar-refractivity contribution in [2.45, 2.75) is 30.6 Å². The predicted octanol–water partition coefficient (Wildman–Crippen LogP) is 2.53. The van der Waals surface area contributed by atoms with Gasteiger partial charge < -0.3 is 9.64 Å². The lowest BCUT2D eigenvalue weighted by molar-refractivity contribution is 0.122. The summed E-state index contributed by atoms with van der Waals surface area (Å²) in [5.41, 5.74) is 4.79. The SMILES string of the molecule is O=S(=O)(NCCc1ccc(N2CCOCC2)cc1)c1ccc2c(c1)CCC2. The molecule has 27 heavy (non-hydrogen) atoms. The second-order valence-corrected chi connectivity index (χ2v) is 8.96. The van der Waals surface area contributed by atoms with E-state index in [-0.39, 0.29) is 0 Å². The molecule has 144 valence electrons. The van der Waals surface area contributed by atoms with E-state index in [2.05, 4.69) is 33.9 Å². The van der Waals surface area contributed by atoms with Gasteiger partial charge in [-0.3, -0.25) is 0 Å². The zero-order valence-corrected chi connectivity index (χ0v) is 16.3. The molecule has 5 nitrogen and oxygen atoms in total.